The smallest absolute Gasteiger partial charge is 0.312 e. The first-order valence-corrected chi connectivity index (χ1v) is 7.49. The Balaban J connectivity index is 2.58. The first kappa shape index (κ1) is 17.3. The maximum Gasteiger partial charge on any atom is 0.417 e. The summed E-state index contributed by atoms with van der Waals surface area (Å²) in [7, 11) is 1.40. The molecular weight excluding hydrogens is 379 g/mol. The van der Waals surface area contributed by atoms with Crippen molar-refractivity contribution in [3.63, 3.8) is 0 Å². The first-order chi connectivity index (χ1) is 10.6. The maximum atomic E-state index is 13.0. The minimum atomic E-state index is -4.77. The summed E-state index contributed by atoms with van der Waals surface area (Å²) in [5.41, 5.74) is -3.17. The number of halogens is 4. The van der Waals surface area contributed by atoms with Crippen LogP contribution in [0, 0.1) is 11.3 Å². The van der Waals surface area contributed by atoms with Crippen LogP contribution in [-0.4, -0.2) is 34.8 Å². The predicted molar refractivity (Wildman–Crippen MR) is 79.0 cm³/mol. The summed E-state index contributed by atoms with van der Waals surface area (Å²) in [5, 5.41) is 8.93. The van der Waals surface area contributed by atoms with Gasteiger partial charge in [-0.15, -0.1) is 0 Å². The second kappa shape index (κ2) is 5.53. The number of alkyl halides is 4. The van der Waals surface area contributed by atoms with Crippen LogP contribution in [0.3, 0.4) is 0 Å². The number of hydrogen-bond acceptors (Lipinski definition) is 3. The number of carbonyl (C=O) groups excluding carboxylic acids is 2. The molecular formula is C14H11BrF3N3O2. The zero-order valence-electron chi connectivity index (χ0n) is 12.1. The number of likely N-dealkylation sites (N-methyl/N-ethyl adjacent to an activating group) is 1. The summed E-state index contributed by atoms with van der Waals surface area (Å²) in [6, 6.07) is 3.46. The van der Waals surface area contributed by atoms with Gasteiger partial charge in [0, 0.05) is 12.4 Å². The molecule has 1 aliphatic heterocycles. The Morgan fingerprint density at radius 3 is 2.39 bits per heavy atom. The van der Waals surface area contributed by atoms with E-state index in [1.807, 2.05) is 0 Å². The molecule has 0 aliphatic carbocycles. The van der Waals surface area contributed by atoms with Crippen molar-refractivity contribution in [2.45, 2.75) is 18.6 Å². The lowest BCUT2D eigenvalue weighted by Gasteiger charge is -2.25. The fourth-order valence-electron chi connectivity index (χ4n) is 2.21. The molecule has 1 atom stereocenters. The van der Waals surface area contributed by atoms with Crippen LogP contribution in [0.4, 0.5) is 23.7 Å². The van der Waals surface area contributed by atoms with E-state index in [4.69, 9.17) is 5.26 Å². The first-order valence-electron chi connectivity index (χ1n) is 6.37. The van der Waals surface area contributed by atoms with Gasteiger partial charge in [-0.3, -0.25) is 4.79 Å². The maximum absolute atomic E-state index is 13.0. The van der Waals surface area contributed by atoms with Crippen LogP contribution in [0.1, 0.15) is 18.1 Å². The number of benzene rings is 1. The topological polar surface area (TPSA) is 64.4 Å². The quantitative estimate of drug-likeness (QED) is 0.576. The largest absolute Gasteiger partial charge is 0.417 e. The van der Waals surface area contributed by atoms with E-state index in [1.165, 1.54) is 20.0 Å². The Hall–Kier alpha value is -2.08. The van der Waals surface area contributed by atoms with Crippen LogP contribution >= 0.6 is 15.9 Å². The minimum absolute atomic E-state index is 0.139. The molecule has 0 N–H and O–H groups in total. The second-order valence-corrected chi connectivity index (χ2v) is 5.79. The molecule has 1 aliphatic rings. The van der Waals surface area contributed by atoms with Gasteiger partial charge in [0.25, 0.3) is 5.91 Å². The van der Waals surface area contributed by atoms with Gasteiger partial charge in [0.1, 0.15) is 5.54 Å². The molecule has 0 bridgehead atoms. The third-order valence-corrected chi connectivity index (χ3v) is 4.92. The lowest BCUT2D eigenvalue weighted by Crippen LogP contribution is -2.46. The second-order valence-electron chi connectivity index (χ2n) is 5.23. The van der Waals surface area contributed by atoms with Crippen molar-refractivity contribution in [3.8, 4) is 6.07 Å². The molecule has 5 nitrogen and oxygen atoms in total. The van der Waals surface area contributed by atoms with Gasteiger partial charge >= 0.3 is 12.2 Å². The van der Waals surface area contributed by atoms with E-state index in [1.54, 1.807) is 0 Å². The third kappa shape index (κ3) is 2.57. The number of rotatable bonds is 2. The summed E-state index contributed by atoms with van der Waals surface area (Å²) in [5.74, 6) is -0.639. The van der Waals surface area contributed by atoms with Gasteiger partial charge in [-0.05, 0) is 25.1 Å². The van der Waals surface area contributed by atoms with Gasteiger partial charge in [0.2, 0.25) is 0 Å². The fraction of sp³-hybridized carbons (Fsp3) is 0.357. The average Bonchev–Trinajstić information content (AvgIpc) is 2.67. The number of imide groups is 1. The van der Waals surface area contributed by atoms with Crippen LogP contribution in [0.15, 0.2) is 18.2 Å². The molecule has 0 saturated carbocycles. The van der Waals surface area contributed by atoms with E-state index in [0.717, 1.165) is 17.0 Å². The lowest BCUT2D eigenvalue weighted by atomic mass is 10.0. The molecule has 1 aromatic carbocycles. The van der Waals surface area contributed by atoms with Crippen LogP contribution in [0.25, 0.3) is 0 Å². The van der Waals surface area contributed by atoms with Gasteiger partial charge in [-0.2, -0.15) is 18.4 Å². The highest BCUT2D eigenvalue weighted by atomic mass is 79.9. The fourth-order valence-corrected chi connectivity index (χ4v) is 2.83. The number of hydrogen-bond donors (Lipinski definition) is 0. The Labute approximate surface area is 138 Å². The van der Waals surface area contributed by atoms with Crippen molar-refractivity contribution in [3.05, 3.63) is 29.3 Å². The Bertz CT molecular complexity index is 729. The summed E-state index contributed by atoms with van der Waals surface area (Å²) in [6.07, 6.45) is -4.77. The minimum Gasteiger partial charge on any atom is -0.312 e. The standard InChI is InChI=1S/C14H11BrF3N3O2/c1-13(7-15)11(22)21(12(23)20(13)2)9-4-3-8(6-19)10(5-9)14(16,17)18/h3-5H,7H2,1-2H3. The summed E-state index contributed by atoms with van der Waals surface area (Å²) in [6.45, 7) is 1.51. The van der Waals surface area contributed by atoms with E-state index in [2.05, 4.69) is 15.9 Å². The Morgan fingerprint density at radius 2 is 1.96 bits per heavy atom. The Morgan fingerprint density at radius 1 is 1.35 bits per heavy atom. The molecule has 1 aromatic rings. The van der Waals surface area contributed by atoms with Crippen LogP contribution in [0.5, 0.6) is 0 Å². The molecule has 0 spiro atoms. The Kier molecular flexibility index (Phi) is 4.15. The SMILES string of the molecule is CN1C(=O)N(c2ccc(C#N)c(C(F)(F)F)c2)C(=O)C1(C)CBr. The summed E-state index contributed by atoms with van der Waals surface area (Å²) < 4.78 is 39.1. The number of anilines is 1. The van der Waals surface area contributed by atoms with E-state index in [9.17, 15) is 22.8 Å². The van der Waals surface area contributed by atoms with Crippen molar-refractivity contribution in [2.24, 2.45) is 0 Å². The third-order valence-electron chi connectivity index (χ3n) is 3.83. The van der Waals surface area contributed by atoms with Crippen molar-refractivity contribution in [1.82, 2.24) is 4.90 Å². The number of urea groups is 1. The van der Waals surface area contributed by atoms with Gasteiger partial charge in [0.15, 0.2) is 0 Å². The molecule has 0 aromatic heterocycles. The molecule has 3 amide bonds. The molecule has 122 valence electrons. The van der Waals surface area contributed by atoms with Crippen LogP contribution < -0.4 is 4.90 Å². The van der Waals surface area contributed by atoms with Gasteiger partial charge in [-0.25, -0.2) is 9.69 Å². The van der Waals surface area contributed by atoms with Crippen molar-refractivity contribution in [1.29, 1.82) is 5.26 Å². The number of nitriles is 1. The molecule has 1 fully saturated rings. The molecule has 1 saturated heterocycles. The molecule has 23 heavy (non-hydrogen) atoms. The van der Waals surface area contributed by atoms with E-state index >= 15 is 0 Å². The highest BCUT2D eigenvalue weighted by Gasteiger charge is 2.52. The average molecular weight is 390 g/mol. The summed E-state index contributed by atoms with van der Waals surface area (Å²) >= 11 is 3.15. The van der Waals surface area contributed by atoms with Gasteiger partial charge < -0.3 is 4.90 Å². The van der Waals surface area contributed by atoms with E-state index in [-0.39, 0.29) is 11.0 Å². The molecule has 1 heterocycles. The van der Waals surface area contributed by atoms with Crippen molar-refractivity contribution >= 4 is 33.6 Å². The van der Waals surface area contributed by atoms with Crippen molar-refractivity contribution < 1.29 is 22.8 Å². The molecule has 0 radical (unpaired) electrons. The van der Waals surface area contributed by atoms with Gasteiger partial charge in [-0.1, -0.05) is 15.9 Å². The van der Waals surface area contributed by atoms with E-state index in [0.29, 0.717) is 11.0 Å². The number of carbonyl (C=O) groups is 2. The summed E-state index contributed by atoms with van der Waals surface area (Å²) in [4.78, 5) is 26.6. The lowest BCUT2D eigenvalue weighted by molar-refractivity contribution is -0.137. The van der Waals surface area contributed by atoms with E-state index < -0.39 is 34.8 Å². The van der Waals surface area contributed by atoms with Crippen LogP contribution in [0.2, 0.25) is 0 Å². The highest BCUT2D eigenvalue weighted by Crippen LogP contribution is 2.37. The monoisotopic (exact) mass is 389 g/mol. The normalized spacial score (nSPS) is 21.8. The van der Waals surface area contributed by atoms with Crippen molar-refractivity contribution in [2.75, 3.05) is 17.3 Å². The number of amides is 3. The predicted octanol–water partition coefficient (Wildman–Crippen LogP) is 3.13. The zero-order chi connectivity index (χ0) is 17.6. The van der Waals surface area contributed by atoms with Gasteiger partial charge in [0.05, 0.1) is 22.9 Å². The zero-order valence-corrected chi connectivity index (χ0v) is 13.7. The highest BCUT2D eigenvalue weighted by molar-refractivity contribution is 9.09. The van der Waals surface area contributed by atoms with Crippen LogP contribution in [-0.2, 0) is 11.0 Å². The number of nitrogens with zero attached hydrogens (tertiary/aromatic N) is 3. The molecule has 2 rings (SSSR count). The molecule has 1 unspecified atom stereocenters. The molecule has 9 heteroatoms.